The van der Waals surface area contributed by atoms with Crippen molar-refractivity contribution in [3.8, 4) is 0 Å². The molecule has 0 N–H and O–H groups in total. The van der Waals surface area contributed by atoms with Gasteiger partial charge in [-0.15, -0.1) is 0 Å². The second kappa shape index (κ2) is 5.66. The zero-order chi connectivity index (χ0) is 14.9. The summed E-state index contributed by atoms with van der Waals surface area (Å²) in [7, 11) is -3.69. The highest BCUT2D eigenvalue weighted by Crippen LogP contribution is 2.32. The summed E-state index contributed by atoms with van der Waals surface area (Å²) >= 11 is 5.98. The number of benzene rings is 1. The van der Waals surface area contributed by atoms with Crippen LogP contribution < -0.4 is 4.31 Å². The molecular formula is C15H15ClN2O2S. The lowest BCUT2D eigenvalue weighted by atomic mass is 10.1. The van der Waals surface area contributed by atoms with Gasteiger partial charge < -0.3 is 0 Å². The summed E-state index contributed by atoms with van der Waals surface area (Å²) in [4.78, 5) is 3.94. The normalized spacial score (nSPS) is 15.4. The SMILES string of the molecule is O=S(=O)(c1cccnc1Cl)N1CCCCc2ccccc21. The minimum absolute atomic E-state index is 0.0132. The van der Waals surface area contributed by atoms with E-state index in [0.29, 0.717) is 6.54 Å². The molecule has 21 heavy (non-hydrogen) atoms. The number of aromatic nitrogens is 1. The van der Waals surface area contributed by atoms with E-state index >= 15 is 0 Å². The zero-order valence-electron chi connectivity index (χ0n) is 11.4. The Morgan fingerprint density at radius 2 is 1.90 bits per heavy atom. The molecule has 0 aliphatic carbocycles. The van der Waals surface area contributed by atoms with Crippen LogP contribution in [0.3, 0.4) is 0 Å². The molecule has 2 heterocycles. The first-order chi connectivity index (χ1) is 10.1. The standard InChI is InChI=1S/C15H15ClN2O2S/c16-15-14(9-5-10-17-15)21(19,20)18-11-4-3-7-12-6-1-2-8-13(12)18/h1-2,5-6,8-10H,3-4,7,11H2. The molecule has 1 aliphatic rings. The van der Waals surface area contributed by atoms with Gasteiger partial charge in [-0.25, -0.2) is 13.4 Å². The Kier molecular flexibility index (Phi) is 3.87. The predicted molar refractivity (Wildman–Crippen MR) is 83.2 cm³/mol. The second-order valence-corrected chi connectivity index (χ2v) is 7.14. The highest BCUT2D eigenvalue weighted by Gasteiger charge is 2.29. The number of halogens is 1. The molecule has 4 nitrogen and oxygen atoms in total. The van der Waals surface area contributed by atoms with Crippen LogP contribution in [0.15, 0.2) is 47.5 Å². The molecule has 3 rings (SSSR count). The van der Waals surface area contributed by atoms with Gasteiger partial charge in [0.15, 0.2) is 0 Å². The number of anilines is 1. The van der Waals surface area contributed by atoms with Gasteiger partial charge in [0.2, 0.25) is 0 Å². The highest BCUT2D eigenvalue weighted by molar-refractivity contribution is 7.93. The number of rotatable bonds is 2. The van der Waals surface area contributed by atoms with E-state index in [9.17, 15) is 8.42 Å². The lowest BCUT2D eigenvalue weighted by Gasteiger charge is -2.24. The van der Waals surface area contributed by atoms with Crippen LogP contribution >= 0.6 is 11.6 Å². The van der Waals surface area contributed by atoms with Gasteiger partial charge in [0, 0.05) is 12.7 Å². The highest BCUT2D eigenvalue weighted by atomic mass is 35.5. The van der Waals surface area contributed by atoms with Crippen LogP contribution in [0.1, 0.15) is 18.4 Å². The van der Waals surface area contributed by atoms with Crippen LogP contribution in [0.5, 0.6) is 0 Å². The Morgan fingerprint density at radius 1 is 1.10 bits per heavy atom. The van der Waals surface area contributed by atoms with Crippen molar-refractivity contribution in [3.63, 3.8) is 0 Å². The predicted octanol–water partition coefficient (Wildman–Crippen LogP) is 3.27. The van der Waals surface area contributed by atoms with E-state index in [1.807, 2.05) is 24.3 Å². The van der Waals surface area contributed by atoms with Gasteiger partial charge in [0.25, 0.3) is 10.0 Å². The number of nitrogens with zero attached hydrogens (tertiary/aromatic N) is 2. The van der Waals surface area contributed by atoms with E-state index in [0.717, 1.165) is 30.5 Å². The number of aryl methyl sites for hydroxylation is 1. The van der Waals surface area contributed by atoms with Gasteiger partial charge in [-0.2, -0.15) is 0 Å². The topological polar surface area (TPSA) is 50.3 Å². The van der Waals surface area contributed by atoms with Gasteiger partial charge in [0.1, 0.15) is 10.0 Å². The number of hydrogen-bond acceptors (Lipinski definition) is 3. The molecule has 0 saturated carbocycles. The van der Waals surface area contributed by atoms with Crippen molar-refractivity contribution in [1.29, 1.82) is 0 Å². The Morgan fingerprint density at radius 3 is 2.71 bits per heavy atom. The van der Waals surface area contributed by atoms with Crippen molar-refractivity contribution in [2.45, 2.75) is 24.2 Å². The average Bonchev–Trinajstić information content (AvgIpc) is 2.70. The molecule has 0 unspecified atom stereocenters. The van der Waals surface area contributed by atoms with E-state index in [-0.39, 0.29) is 10.0 Å². The van der Waals surface area contributed by atoms with Crippen molar-refractivity contribution < 1.29 is 8.42 Å². The van der Waals surface area contributed by atoms with E-state index in [1.54, 1.807) is 6.07 Å². The lowest BCUT2D eigenvalue weighted by Crippen LogP contribution is -2.32. The maximum Gasteiger partial charge on any atom is 0.267 e. The number of fused-ring (bicyclic) bond motifs is 1. The molecule has 1 aromatic heterocycles. The minimum Gasteiger partial charge on any atom is -0.266 e. The second-order valence-electron chi connectivity index (χ2n) is 4.96. The van der Waals surface area contributed by atoms with E-state index in [1.165, 1.54) is 16.6 Å². The third-order valence-corrected chi connectivity index (χ3v) is 5.87. The molecule has 1 aromatic carbocycles. The summed E-state index contributed by atoms with van der Waals surface area (Å²) < 4.78 is 27.3. The monoisotopic (exact) mass is 322 g/mol. The van der Waals surface area contributed by atoms with Gasteiger partial charge in [-0.3, -0.25) is 4.31 Å². The summed E-state index contributed by atoms with van der Waals surface area (Å²) in [5, 5.41) is 0.0132. The van der Waals surface area contributed by atoms with Crippen LogP contribution in [0.25, 0.3) is 0 Å². The van der Waals surface area contributed by atoms with Crippen LogP contribution in [-0.4, -0.2) is 19.9 Å². The van der Waals surface area contributed by atoms with Crippen molar-refractivity contribution in [3.05, 3.63) is 53.3 Å². The first-order valence-corrected chi connectivity index (χ1v) is 8.63. The first-order valence-electron chi connectivity index (χ1n) is 6.82. The molecule has 0 radical (unpaired) electrons. The number of hydrogen-bond donors (Lipinski definition) is 0. The van der Waals surface area contributed by atoms with Crippen molar-refractivity contribution in [2.24, 2.45) is 0 Å². The Labute approximate surface area is 129 Å². The van der Waals surface area contributed by atoms with Crippen LogP contribution in [0.4, 0.5) is 5.69 Å². The number of sulfonamides is 1. The summed E-state index contributed by atoms with van der Waals surface area (Å²) in [5.41, 5.74) is 1.80. The number of pyridine rings is 1. The van der Waals surface area contributed by atoms with Crippen molar-refractivity contribution in [1.82, 2.24) is 4.98 Å². The summed E-state index contributed by atoms with van der Waals surface area (Å²) in [6.07, 6.45) is 4.18. The molecule has 1 aliphatic heterocycles. The fraction of sp³-hybridized carbons (Fsp3) is 0.267. The van der Waals surface area contributed by atoms with Crippen LogP contribution in [-0.2, 0) is 16.4 Å². The molecule has 0 saturated heterocycles. The van der Waals surface area contributed by atoms with Crippen LogP contribution in [0.2, 0.25) is 5.15 Å². The fourth-order valence-corrected chi connectivity index (χ4v) is 4.56. The molecule has 0 fully saturated rings. The maximum atomic E-state index is 12.9. The maximum absolute atomic E-state index is 12.9. The molecule has 0 spiro atoms. The molecular weight excluding hydrogens is 308 g/mol. The third kappa shape index (κ3) is 2.63. The molecule has 110 valence electrons. The third-order valence-electron chi connectivity index (χ3n) is 3.61. The summed E-state index contributed by atoms with van der Waals surface area (Å²) in [6, 6.07) is 10.7. The van der Waals surface area contributed by atoms with Gasteiger partial charge in [0.05, 0.1) is 5.69 Å². The molecule has 2 aromatic rings. The van der Waals surface area contributed by atoms with Crippen LogP contribution in [0, 0.1) is 0 Å². The smallest absolute Gasteiger partial charge is 0.266 e. The van der Waals surface area contributed by atoms with Crippen molar-refractivity contribution >= 4 is 27.3 Å². The van der Waals surface area contributed by atoms with Gasteiger partial charge in [-0.05, 0) is 43.0 Å². The van der Waals surface area contributed by atoms with Gasteiger partial charge >= 0.3 is 0 Å². The Bertz CT molecular complexity index is 762. The molecule has 0 atom stereocenters. The van der Waals surface area contributed by atoms with E-state index in [4.69, 9.17) is 11.6 Å². The molecule has 0 amide bonds. The lowest BCUT2D eigenvalue weighted by molar-refractivity contribution is 0.589. The van der Waals surface area contributed by atoms with E-state index in [2.05, 4.69) is 4.98 Å². The summed E-state index contributed by atoms with van der Waals surface area (Å²) in [5.74, 6) is 0. The first kappa shape index (κ1) is 14.4. The fourth-order valence-electron chi connectivity index (χ4n) is 2.59. The average molecular weight is 323 g/mol. The Hall–Kier alpha value is -1.59. The van der Waals surface area contributed by atoms with Crippen molar-refractivity contribution in [2.75, 3.05) is 10.8 Å². The van der Waals surface area contributed by atoms with Gasteiger partial charge in [-0.1, -0.05) is 29.8 Å². The molecule has 6 heteroatoms. The largest absolute Gasteiger partial charge is 0.267 e. The zero-order valence-corrected chi connectivity index (χ0v) is 12.9. The summed E-state index contributed by atoms with van der Waals surface area (Å²) in [6.45, 7) is 0.463. The number of para-hydroxylation sites is 1. The molecule has 0 bridgehead atoms. The Balaban J connectivity index is 2.13. The van der Waals surface area contributed by atoms with E-state index < -0.39 is 10.0 Å². The quantitative estimate of drug-likeness (QED) is 0.797. The minimum atomic E-state index is -3.69.